The lowest BCUT2D eigenvalue weighted by Crippen LogP contribution is -1.93. The van der Waals surface area contributed by atoms with Crippen LogP contribution < -0.4 is 19.9 Å². The number of anilines is 1. The van der Waals surface area contributed by atoms with Gasteiger partial charge in [-0.05, 0) is 29.8 Å². The van der Waals surface area contributed by atoms with Gasteiger partial charge in [-0.3, -0.25) is 0 Å². The van der Waals surface area contributed by atoms with Gasteiger partial charge < -0.3 is 19.9 Å². The van der Waals surface area contributed by atoms with E-state index in [-0.39, 0.29) is 6.79 Å². The predicted molar refractivity (Wildman–Crippen MR) is 69.0 cm³/mol. The monoisotopic (exact) mass is 243 g/mol. The largest absolute Gasteiger partial charge is 0.497 e. The van der Waals surface area contributed by atoms with Crippen LogP contribution in [0.25, 0.3) is 11.1 Å². The molecule has 1 aliphatic rings. The first kappa shape index (κ1) is 10.8. The number of hydrogen-bond acceptors (Lipinski definition) is 4. The van der Waals surface area contributed by atoms with Gasteiger partial charge in [0.05, 0.1) is 7.11 Å². The number of fused-ring (bicyclic) bond motifs is 1. The van der Waals surface area contributed by atoms with E-state index >= 15 is 0 Å². The van der Waals surface area contributed by atoms with Crippen molar-refractivity contribution in [1.82, 2.24) is 0 Å². The summed E-state index contributed by atoms with van der Waals surface area (Å²) in [6.45, 7) is 0.275. The molecule has 92 valence electrons. The molecule has 2 N–H and O–H groups in total. The summed E-state index contributed by atoms with van der Waals surface area (Å²) in [7, 11) is 1.62. The Labute approximate surface area is 105 Å². The quantitative estimate of drug-likeness (QED) is 0.824. The average Bonchev–Trinajstić information content (AvgIpc) is 2.85. The van der Waals surface area contributed by atoms with Crippen molar-refractivity contribution in [2.75, 3.05) is 19.6 Å². The lowest BCUT2D eigenvalue weighted by Gasteiger charge is -2.08. The lowest BCUT2D eigenvalue weighted by atomic mass is 10.0. The zero-order chi connectivity index (χ0) is 12.5. The smallest absolute Gasteiger partial charge is 0.231 e. The van der Waals surface area contributed by atoms with E-state index in [1.165, 1.54) is 0 Å². The topological polar surface area (TPSA) is 53.7 Å². The van der Waals surface area contributed by atoms with Crippen LogP contribution in [0.3, 0.4) is 0 Å². The summed E-state index contributed by atoms with van der Waals surface area (Å²) >= 11 is 0. The molecule has 0 atom stereocenters. The van der Waals surface area contributed by atoms with Crippen LogP contribution in [0.4, 0.5) is 5.69 Å². The van der Waals surface area contributed by atoms with Gasteiger partial charge in [0, 0.05) is 17.3 Å². The third-order valence-corrected chi connectivity index (χ3v) is 2.94. The Morgan fingerprint density at radius 1 is 1.06 bits per heavy atom. The van der Waals surface area contributed by atoms with E-state index in [0.29, 0.717) is 5.69 Å². The maximum absolute atomic E-state index is 6.02. The van der Waals surface area contributed by atoms with E-state index in [1.54, 1.807) is 13.2 Å². The molecule has 0 fully saturated rings. The van der Waals surface area contributed by atoms with Crippen LogP contribution in [0.5, 0.6) is 17.2 Å². The second kappa shape index (κ2) is 4.14. The van der Waals surface area contributed by atoms with Crippen LogP contribution in [-0.4, -0.2) is 13.9 Å². The summed E-state index contributed by atoms with van der Waals surface area (Å²) in [5.74, 6) is 2.27. The van der Waals surface area contributed by atoms with Crippen molar-refractivity contribution in [2.45, 2.75) is 0 Å². The van der Waals surface area contributed by atoms with Crippen LogP contribution in [0.15, 0.2) is 36.4 Å². The molecule has 2 aromatic rings. The van der Waals surface area contributed by atoms with Crippen molar-refractivity contribution in [3.63, 3.8) is 0 Å². The summed E-state index contributed by atoms with van der Waals surface area (Å²) in [4.78, 5) is 0. The van der Waals surface area contributed by atoms with Crippen molar-refractivity contribution < 1.29 is 14.2 Å². The zero-order valence-electron chi connectivity index (χ0n) is 9.97. The Kier molecular flexibility index (Phi) is 2.48. The molecule has 0 saturated heterocycles. The van der Waals surface area contributed by atoms with Gasteiger partial charge in [-0.15, -0.1) is 0 Å². The summed E-state index contributed by atoms with van der Waals surface area (Å²) in [6.07, 6.45) is 0. The number of ether oxygens (including phenoxy) is 3. The molecule has 0 aliphatic carbocycles. The van der Waals surface area contributed by atoms with Gasteiger partial charge in [-0.1, -0.05) is 6.07 Å². The summed E-state index contributed by atoms with van der Waals surface area (Å²) < 4.78 is 15.8. The molecule has 0 bridgehead atoms. The highest BCUT2D eigenvalue weighted by Crippen LogP contribution is 2.38. The second-order valence-corrected chi connectivity index (χ2v) is 4.02. The molecular weight excluding hydrogens is 230 g/mol. The third kappa shape index (κ3) is 1.72. The van der Waals surface area contributed by atoms with E-state index in [0.717, 1.165) is 28.4 Å². The van der Waals surface area contributed by atoms with Gasteiger partial charge in [0.2, 0.25) is 6.79 Å². The number of hydrogen-bond donors (Lipinski definition) is 1. The fourth-order valence-electron chi connectivity index (χ4n) is 1.99. The van der Waals surface area contributed by atoms with Gasteiger partial charge in [0.1, 0.15) is 5.75 Å². The molecule has 0 radical (unpaired) electrons. The Morgan fingerprint density at radius 2 is 1.89 bits per heavy atom. The van der Waals surface area contributed by atoms with Gasteiger partial charge in [-0.25, -0.2) is 0 Å². The average molecular weight is 243 g/mol. The van der Waals surface area contributed by atoms with E-state index in [1.807, 2.05) is 30.3 Å². The first-order valence-electron chi connectivity index (χ1n) is 5.61. The molecule has 0 unspecified atom stereocenters. The molecule has 0 spiro atoms. The maximum atomic E-state index is 6.02. The van der Waals surface area contributed by atoms with Gasteiger partial charge in [0.15, 0.2) is 11.5 Å². The summed E-state index contributed by atoms with van der Waals surface area (Å²) in [5.41, 5.74) is 8.65. The van der Waals surface area contributed by atoms with Crippen LogP contribution in [-0.2, 0) is 0 Å². The highest BCUT2D eigenvalue weighted by atomic mass is 16.7. The lowest BCUT2D eigenvalue weighted by molar-refractivity contribution is 0.174. The highest BCUT2D eigenvalue weighted by Gasteiger charge is 2.14. The minimum atomic E-state index is 0.275. The molecule has 0 saturated carbocycles. The van der Waals surface area contributed by atoms with Crippen molar-refractivity contribution in [3.05, 3.63) is 36.4 Å². The fraction of sp³-hybridized carbons (Fsp3) is 0.143. The molecular formula is C14H13NO3. The standard InChI is InChI=1S/C14H13NO3/c1-16-10-3-4-11(12(15)7-10)9-2-5-13-14(6-9)18-8-17-13/h2-7H,8,15H2,1H3. The molecule has 0 amide bonds. The molecule has 18 heavy (non-hydrogen) atoms. The number of methoxy groups -OCH3 is 1. The molecule has 1 heterocycles. The SMILES string of the molecule is COc1ccc(-c2ccc3c(c2)OCO3)c(N)c1. The Balaban J connectivity index is 2.04. The van der Waals surface area contributed by atoms with Crippen LogP contribution in [0.2, 0.25) is 0 Å². The molecule has 1 aliphatic heterocycles. The van der Waals surface area contributed by atoms with E-state index in [2.05, 4.69) is 0 Å². The maximum Gasteiger partial charge on any atom is 0.231 e. The molecule has 0 aromatic heterocycles. The molecule has 4 nitrogen and oxygen atoms in total. The number of nitrogen functional groups attached to an aromatic ring is 1. The van der Waals surface area contributed by atoms with Crippen LogP contribution in [0, 0.1) is 0 Å². The van der Waals surface area contributed by atoms with Crippen molar-refractivity contribution in [3.8, 4) is 28.4 Å². The number of nitrogens with two attached hydrogens (primary N) is 1. The second-order valence-electron chi connectivity index (χ2n) is 4.02. The highest BCUT2D eigenvalue weighted by molar-refractivity contribution is 5.79. The number of benzene rings is 2. The Morgan fingerprint density at radius 3 is 2.67 bits per heavy atom. The third-order valence-electron chi connectivity index (χ3n) is 2.94. The van der Waals surface area contributed by atoms with Crippen molar-refractivity contribution >= 4 is 5.69 Å². The van der Waals surface area contributed by atoms with Crippen LogP contribution >= 0.6 is 0 Å². The van der Waals surface area contributed by atoms with Crippen molar-refractivity contribution in [2.24, 2.45) is 0 Å². The molecule has 3 rings (SSSR count). The molecule has 4 heteroatoms. The first-order valence-corrected chi connectivity index (χ1v) is 5.61. The van der Waals surface area contributed by atoms with Crippen LogP contribution in [0.1, 0.15) is 0 Å². The van der Waals surface area contributed by atoms with E-state index < -0.39 is 0 Å². The van der Waals surface area contributed by atoms with Crippen molar-refractivity contribution in [1.29, 1.82) is 0 Å². The van der Waals surface area contributed by atoms with Gasteiger partial charge in [0.25, 0.3) is 0 Å². The first-order chi connectivity index (χ1) is 8.78. The van der Waals surface area contributed by atoms with Gasteiger partial charge in [-0.2, -0.15) is 0 Å². The Hall–Kier alpha value is -2.36. The summed E-state index contributed by atoms with van der Waals surface area (Å²) in [6, 6.07) is 11.4. The van der Waals surface area contributed by atoms with Gasteiger partial charge >= 0.3 is 0 Å². The normalized spacial score (nSPS) is 12.5. The summed E-state index contributed by atoms with van der Waals surface area (Å²) in [5, 5.41) is 0. The molecule has 2 aromatic carbocycles. The fourth-order valence-corrected chi connectivity index (χ4v) is 1.99. The Bertz CT molecular complexity index is 596. The number of rotatable bonds is 2. The predicted octanol–water partition coefficient (Wildman–Crippen LogP) is 2.67. The minimum Gasteiger partial charge on any atom is -0.497 e. The van der Waals surface area contributed by atoms with E-state index in [4.69, 9.17) is 19.9 Å². The minimum absolute atomic E-state index is 0.275. The van der Waals surface area contributed by atoms with E-state index in [9.17, 15) is 0 Å². The zero-order valence-corrected chi connectivity index (χ0v) is 9.97.